The zero-order valence-electron chi connectivity index (χ0n) is 24.0. The molecule has 0 aromatic heterocycles. The Labute approximate surface area is 241 Å². The molecule has 12 heteroatoms. The van der Waals surface area contributed by atoms with E-state index in [-0.39, 0.29) is 30.1 Å². The molecular weight excluding hydrogens is 566 g/mol. The van der Waals surface area contributed by atoms with Gasteiger partial charge in [-0.1, -0.05) is 30.3 Å². The zero-order valence-corrected chi connectivity index (χ0v) is 24.0. The lowest BCUT2D eigenvalue weighted by Gasteiger charge is -2.40. The number of carbonyl (C=O) groups is 2. The number of hydrogen-bond donors (Lipinski definition) is 0. The molecule has 232 valence electrons. The third kappa shape index (κ3) is 9.55. The maximum atomic E-state index is 13.4. The van der Waals surface area contributed by atoms with Gasteiger partial charge in [0.05, 0.1) is 18.2 Å². The Morgan fingerprint density at radius 1 is 0.929 bits per heavy atom. The van der Waals surface area contributed by atoms with Crippen molar-refractivity contribution in [2.75, 3.05) is 20.2 Å². The van der Waals surface area contributed by atoms with E-state index in [1.807, 2.05) is 30.3 Å². The van der Waals surface area contributed by atoms with Crippen molar-refractivity contribution in [2.45, 2.75) is 77.0 Å². The highest BCUT2D eigenvalue weighted by Crippen LogP contribution is 2.37. The lowest BCUT2D eigenvalue weighted by molar-refractivity contribution is -0.143. The van der Waals surface area contributed by atoms with Crippen LogP contribution in [0.25, 0.3) is 0 Å². The van der Waals surface area contributed by atoms with E-state index in [1.54, 1.807) is 25.7 Å². The molecule has 2 aromatic rings. The number of likely N-dealkylation sites (tertiary alicyclic amines) is 1. The molecule has 1 fully saturated rings. The summed E-state index contributed by atoms with van der Waals surface area (Å²) in [6.45, 7) is 5.30. The Hall–Kier alpha value is -3.44. The Kier molecular flexibility index (Phi) is 10.4. The number of amides is 2. The minimum Gasteiger partial charge on any atom is -0.453 e. The van der Waals surface area contributed by atoms with Gasteiger partial charge < -0.3 is 19.3 Å². The summed E-state index contributed by atoms with van der Waals surface area (Å²) in [6.07, 6.45) is -9.15. The van der Waals surface area contributed by atoms with Crippen molar-refractivity contribution in [3.63, 3.8) is 0 Å². The van der Waals surface area contributed by atoms with E-state index < -0.39 is 47.8 Å². The highest BCUT2D eigenvalue weighted by atomic mass is 19.4. The largest absolute Gasteiger partial charge is 0.453 e. The van der Waals surface area contributed by atoms with Crippen molar-refractivity contribution in [3.05, 3.63) is 70.8 Å². The normalized spacial score (nSPS) is 18.0. The molecule has 1 aliphatic heterocycles. The van der Waals surface area contributed by atoms with Crippen LogP contribution in [-0.4, -0.2) is 53.8 Å². The average molecular weight is 603 g/mol. The smallest absolute Gasteiger partial charge is 0.416 e. The van der Waals surface area contributed by atoms with Crippen molar-refractivity contribution >= 4 is 12.2 Å². The molecule has 0 unspecified atom stereocenters. The second-order valence-electron chi connectivity index (χ2n) is 11.5. The average Bonchev–Trinajstić information content (AvgIpc) is 2.89. The van der Waals surface area contributed by atoms with Crippen molar-refractivity contribution in [1.82, 2.24) is 9.80 Å². The quantitative estimate of drug-likeness (QED) is 0.302. The molecule has 3 rings (SSSR count). The first-order valence-electron chi connectivity index (χ1n) is 13.6. The summed E-state index contributed by atoms with van der Waals surface area (Å²) >= 11 is 0. The number of benzene rings is 2. The second-order valence-corrected chi connectivity index (χ2v) is 11.5. The molecule has 0 N–H and O–H groups in total. The van der Waals surface area contributed by atoms with Crippen LogP contribution in [0.5, 0.6) is 0 Å². The van der Waals surface area contributed by atoms with Crippen LogP contribution in [0.2, 0.25) is 0 Å². The summed E-state index contributed by atoms with van der Waals surface area (Å²) in [5.74, 6) is 0.0248. The van der Waals surface area contributed by atoms with Gasteiger partial charge in [-0.2, -0.15) is 26.3 Å². The number of rotatable bonds is 7. The van der Waals surface area contributed by atoms with Gasteiger partial charge in [-0.15, -0.1) is 0 Å². The van der Waals surface area contributed by atoms with Crippen LogP contribution in [0.1, 0.15) is 62.3 Å². The van der Waals surface area contributed by atoms with E-state index in [0.29, 0.717) is 44.4 Å². The van der Waals surface area contributed by atoms with E-state index in [0.717, 1.165) is 17.6 Å². The molecule has 2 amide bonds. The number of alkyl halides is 6. The van der Waals surface area contributed by atoms with E-state index in [2.05, 4.69) is 0 Å². The van der Waals surface area contributed by atoms with Crippen LogP contribution in [0.4, 0.5) is 35.9 Å². The molecule has 0 bridgehead atoms. The first-order valence-corrected chi connectivity index (χ1v) is 13.6. The van der Waals surface area contributed by atoms with E-state index in [1.165, 1.54) is 0 Å². The van der Waals surface area contributed by atoms with Crippen LogP contribution < -0.4 is 0 Å². The van der Waals surface area contributed by atoms with Gasteiger partial charge in [0.1, 0.15) is 5.60 Å². The fourth-order valence-corrected chi connectivity index (χ4v) is 5.07. The number of ether oxygens (including phenoxy) is 2. The molecule has 6 nitrogen and oxygen atoms in total. The summed E-state index contributed by atoms with van der Waals surface area (Å²) in [5.41, 5.74) is -2.87. The molecule has 0 aliphatic carbocycles. The molecular formula is C30H36F6N2O4. The number of nitrogens with zero attached hydrogens (tertiary/aromatic N) is 2. The van der Waals surface area contributed by atoms with E-state index in [4.69, 9.17) is 9.47 Å². The third-order valence-corrected chi connectivity index (χ3v) is 7.03. The summed E-state index contributed by atoms with van der Waals surface area (Å²) in [6, 6.07) is 10.7. The Morgan fingerprint density at radius 3 is 2.05 bits per heavy atom. The first-order chi connectivity index (χ1) is 19.5. The standard InChI is InChI=1S/C30H36F6N2O4/c1-28(2,3)42-27(40)38-13-11-21(17-25(38)16-20-8-6-5-7-9-20)10-12-37(26(39)41-4)19-22-14-23(29(31,32)33)18-24(15-22)30(34,35)36/h5-9,14-15,18,21,25H,10-13,16-17,19H2,1-4H3/t21-,25+/m0/s1. The van der Waals surface area contributed by atoms with Crippen LogP contribution in [0, 0.1) is 5.92 Å². The lowest BCUT2D eigenvalue weighted by Crippen LogP contribution is -2.49. The lowest BCUT2D eigenvalue weighted by atomic mass is 9.85. The minimum atomic E-state index is -5.00. The van der Waals surface area contributed by atoms with Gasteiger partial charge in [-0.25, -0.2) is 9.59 Å². The topological polar surface area (TPSA) is 59.1 Å². The van der Waals surface area contributed by atoms with Gasteiger partial charge in [0.2, 0.25) is 0 Å². The van der Waals surface area contributed by atoms with Crippen LogP contribution >= 0.6 is 0 Å². The van der Waals surface area contributed by atoms with E-state index >= 15 is 0 Å². The van der Waals surface area contributed by atoms with Crippen LogP contribution in [-0.2, 0) is 34.8 Å². The zero-order chi connectivity index (χ0) is 31.3. The summed E-state index contributed by atoms with van der Waals surface area (Å²) in [5, 5.41) is 0. The van der Waals surface area contributed by atoms with Crippen molar-refractivity contribution in [2.24, 2.45) is 5.92 Å². The van der Waals surface area contributed by atoms with E-state index in [9.17, 15) is 35.9 Å². The van der Waals surface area contributed by atoms with Crippen molar-refractivity contribution < 1.29 is 45.4 Å². The summed E-state index contributed by atoms with van der Waals surface area (Å²) in [4.78, 5) is 28.3. The van der Waals surface area contributed by atoms with Gasteiger partial charge in [0.15, 0.2) is 0 Å². The molecule has 0 saturated carbocycles. The Balaban J connectivity index is 1.77. The Morgan fingerprint density at radius 2 is 1.52 bits per heavy atom. The number of halogens is 6. The Bertz CT molecular complexity index is 1180. The predicted molar refractivity (Wildman–Crippen MR) is 143 cm³/mol. The fourth-order valence-electron chi connectivity index (χ4n) is 5.07. The maximum Gasteiger partial charge on any atom is 0.416 e. The predicted octanol–water partition coefficient (Wildman–Crippen LogP) is 7.94. The fraction of sp³-hybridized carbons (Fsp3) is 0.533. The van der Waals surface area contributed by atoms with Crippen LogP contribution in [0.15, 0.2) is 48.5 Å². The summed E-state index contributed by atoms with van der Waals surface area (Å²) < 4.78 is 90.5. The highest BCUT2D eigenvalue weighted by molar-refractivity contribution is 5.69. The first kappa shape index (κ1) is 33.1. The SMILES string of the molecule is COC(=O)N(CC[C@H]1CCN(C(=O)OC(C)(C)C)[C@H](Cc2ccccc2)C1)Cc1cc(C(F)(F)F)cc(C(F)(F)F)c1. The van der Waals surface area contributed by atoms with Crippen LogP contribution in [0.3, 0.4) is 0 Å². The maximum absolute atomic E-state index is 13.4. The molecule has 2 aromatic carbocycles. The number of methoxy groups -OCH3 is 1. The number of carbonyl (C=O) groups excluding carboxylic acids is 2. The van der Waals surface area contributed by atoms with Gasteiger partial charge in [0.25, 0.3) is 0 Å². The minimum absolute atomic E-state index is 0.0248. The molecule has 1 heterocycles. The summed E-state index contributed by atoms with van der Waals surface area (Å²) in [7, 11) is 1.10. The molecule has 2 atom stereocenters. The van der Waals surface area contributed by atoms with Gasteiger partial charge in [-0.05, 0) is 81.7 Å². The molecule has 1 aliphatic rings. The van der Waals surface area contributed by atoms with Gasteiger partial charge in [0, 0.05) is 25.7 Å². The van der Waals surface area contributed by atoms with Gasteiger partial charge in [-0.3, -0.25) is 0 Å². The highest BCUT2D eigenvalue weighted by Gasteiger charge is 2.38. The molecule has 0 radical (unpaired) electrons. The second kappa shape index (κ2) is 13.2. The third-order valence-electron chi connectivity index (χ3n) is 7.03. The molecule has 1 saturated heterocycles. The molecule has 0 spiro atoms. The van der Waals surface area contributed by atoms with Crippen molar-refractivity contribution in [1.29, 1.82) is 0 Å². The number of piperidine rings is 1. The molecule has 42 heavy (non-hydrogen) atoms. The van der Waals surface area contributed by atoms with Gasteiger partial charge >= 0.3 is 24.5 Å². The van der Waals surface area contributed by atoms with Crippen molar-refractivity contribution in [3.8, 4) is 0 Å². The number of hydrogen-bond acceptors (Lipinski definition) is 4. The monoisotopic (exact) mass is 602 g/mol.